The smallest absolute Gasteiger partial charge is 0.310 e. The third-order valence-electron chi connectivity index (χ3n) is 6.10. The molecule has 2 aliphatic carbocycles. The molecule has 7 heteroatoms. The predicted octanol–water partition coefficient (Wildman–Crippen LogP) is 2.75. The maximum absolute atomic E-state index is 12.5. The van der Waals surface area contributed by atoms with Crippen molar-refractivity contribution < 1.29 is 23.9 Å². The summed E-state index contributed by atoms with van der Waals surface area (Å²) in [5.74, 6) is -1.70. The molecule has 0 radical (unpaired) electrons. The lowest BCUT2D eigenvalue weighted by molar-refractivity contribution is -0.157. The molecule has 4 rings (SSSR count). The van der Waals surface area contributed by atoms with Crippen LogP contribution in [0, 0.1) is 37.5 Å². The standard InChI is InChI=1S/C19H20BrNO5/c1-8-9(2)13(4-3-12(8)20)21-15(22)7-25-18(23)16-10-5-11-14(6-10)26-19(24)17(11)16/h3-4,10-11,14,16-17H,5-7H2,1-2H3,(H,21,22). The number of ether oxygens (including phenoxy) is 2. The first kappa shape index (κ1) is 17.5. The molecule has 26 heavy (non-hydrogen) atoms. The molecule has 1 aliphatic heterocycles. The second-order valence-corrected chi connectivity index (χ2v) is 8.28. The molecule has 0 spiro atoms. The highest BCUT2D eigenvalue weighted by Gasteiger charge is 2.64. The highest BCUT2D eigenvalue weighted by Crippen LogP contribution is 2.57. The normalized spacial score (nSPS) is 31.0. The zero-order valence-corrected chi connectivity index (χ0v) is 16.2. The number of esters is 2. The van der Waals surface area contributed by atoms with E-state index in [9.17, 15) is 14.4 Å². The molecule has 5 atom stereocenters. The van der Waals surface area contributed by atoms with E-state index in [4.69, 9.17) is 9.47 Å². The van der Waals surface area contributed by atoms with Crippen LogP contribution in [0.1, 0.15) is 24.0 Å². The molecule has 138 valence electrons. The van der Waals surface area contributed by atoms with Gasteiger partial charge in [-0.2, -0.15) is 0 Å². The van der Waals surface area contributed by atoms with E-state index in [1.165, 1.54) is 0 Å². The van der Waals surface area contributed by atoms with Crippen LogP contribution in [0.4, 0.5) is 5.69 Å². The Morgan fingerprint density at radius 3 is 2.81 bits per heavy atom. The van der Waals surface area contributed by atoms with Gasteiger partial charge in [-0.1, -0.05) is 15.9 Å². The van der Waals surface area contributed by atoms with Crippen LogP contribution in [0.2, 0.25) is 0 Å². The zero-order chi connectivity index (χ0) is 18.6. The van der Waals surface area contributed by atoms with Gasteiger partial charge < -0.3 is 14.8 Å². The zero-order valence-electron chi connectivity index (χ0n) is 14.6. The Morgan fingerprint density at radius 2 is 2.04 bits per heavy atom. The number of amides is 1. The summed E-state index contributed by atoms with van der Waals surface area (Å²) in [7, 11) is 0. The number of benzene rings is 1. The first-order valence-electron chi connectivity index (χ1n) is 8.79. The van der Waals surface area contributed by atoms with Crippen molar-refractivity contribution in [2.75, 3.05) is 11.9 Å². The van der Waals surface area contributed by atoms with Crippen LogP contribution >= 0.6 is 15.9 Å². The minimum Gasteiger partial charge on any atom is -0.462 e. The van der Waals surface area contributed by atoms with Crippen molar-refractivity contribution >= 4 is 39.5 Å². The Labute approximate surface area is 159 Å². The molecule has 2 saturated carbocycles. The van der Waals surface area contributed by atoms with Crippen molar-refractivity contribution in [1.82, 2.24) is 0 Å². The average Bonchev–Trinajstić information content (AvgIpc) is 3.22. The van der Waals surface area contributed by atoms with Crippen LogP contribution in [0.15, 0.2) is 16.6 Å². The Bertz CT molecular complexity index is 805. The summed E-state index contributed by atoms with van der Waals surface area (Å²) < 4.78 is 11.5. The second-order valence-electron chi connectivity index (χ2n) is 7.42. The van der Waals surface area contributed by atoms with Crippen LogP contribution < -0.4 is 5.32 Å². The van der Waals surface area contributed by atoms with E-state index in [0.29, 0.717) is 5.69 Å². The molecule has 5 unspecified atom stereocenters. The number of fused-ring (bicyclic) bond motifs is 1. The van der Waals surface area contributed by atoms with Gasteiger partial charge in [0.2, 0.25) is 0 Å². The monoisotopic (exact) mass is 421 g/mol. The molecule has 1 heterocycles. The van der Waals surface area contributed by atoms with Crippen molar-refractivity contribution in [3.8, 4) is 0 Å². The minimum atomic E-state index is -0.462. The first-order chi connectivity index (χ1) is 12.4. The molecule has 1 saturated heterocycles. The maximum Gasteiger partial charge on any atom is 0.310 e. The van der Waals surface area contributed by atoms with Gasteiger partial charge in [0.1, 0.15) is 6.10 Å². The van der Waals surface area contributed by atoms with E-state index < -0.39 is 17.8 Å². The van der Waals surface area contributed by atoms with Crippen LogP contribution in [-0.2, 0) is 23.9 Å². The molecule has 6 nitrogen and oxygen atoms in total. The predicted molar refractivity (Wildman–Crippen MR) is 96.3 cm³/mol. The summed E-state index contributed by atoms with van der Waals surface area (Å²) in [5, 5.41) is 2.77. The number of halogens is 1. The Hall–Kier alpha value is -1.89. The molecule has 2 bridgehead atoms. The Morgan fingerprint density at radius 1 is 1.27 bits per heavy atom. The van der Waals surface area contributed by atoms with Gasteiger partial charge >= 0.3 is 11.9 Å². The first-order valence-corrected chi connectivity index (χ1v) is 9.58. The SMILES string of the molecule is Cc1c(Br)ccc(NC(=O)COC(=O)C2C3CC4OC(=O)C2C4C3)c1C. The topological polar surface area (TPSA) is 81.7 Å². The highest BCUT2D eigenvalue weighted by atomic mass is 79.9. The number of hydrogen-bond donors (Lipinski definition) is 1. The lowest BCUT2D eigenvalue weighted by atomic mass is 9.80. The van der Waals surface area contributed by atoms with Crippen molar-refractivity contribution in [1.29, 1.82) is 0 Å². The van der Waals surface area contributed by atoms with Gasteiger partial charge in [-0.25, -0.2) is 0 Å². The summed E-state index contributed by atoms with van der Waals surface area (Å²) in [6, 6.07) is 3.66. The summed E-state index contributed by atoms with van der Waals surface area (Å²) in [6.07, 6.45) is 1.55. The molecule has 1 aromatic rings. The fourth-order valence-corrected chi connectivity index (χ4v) is 5.10. The number of hydrogen-bond acceptors (Lipinski definition) is 5. The molecule has 3 fully saturated rings. The lowest BCUT2D eigenvalue weighted by Crippen LogP contribution is -2.35. The van der Waals surface area contributed by atoms with Crippen LogP contribution in [-0.4, -0.2) is 30.6 Å². The van der Waals surface area contributed by atoms with Crippen LogP contribution in [0.3, 0.4) is 0 Å². The highest BCUT2D eigenvalue weighted by molar-refractivity contribution is 9.10. The average molecular weight is 422 g/mol. The van der Waals surface area contributed by atoms with Crippen molar-refractivity contribution in [2.24, 2.45) is 23.7 Å². The van der Waals surface area contributed by atoms with Gasteiger partial charge in [-0.3, -0.25) is 14.4 Å². The van der Waals surface area contributed by atoms with E-state index in [0.717, 1.165) is 28.4 Å². The summed E-state index contributed by atoms with van der Waals surface area (Å²) in [6.45, 7) is 3.52. The Balaban J connectivity index is 1.36. The van der Waals surface area contributed by atoms with E-state index in [1.54, 1.807) is 6.07 Å². The molecule has 1 amide bonds. The largest absolute Gasteiger partial charge is 0.462 e. The fraction of sp³-hybridized carbons (Fsp3) is 0.526. The maximum atomic E-state index is 12.5. The van der Waals surface area contributed by atoms with Gasteiger partial charge in [0.25, 0.3) is 5.91 Å². The van der Waals surface area contributed by atoms with Crippen LogP contribution in [0.25, 0.3) is 0 Å². The number of anilines is 1. The van der Waals surface area contributed by atoms with E-state index >= 15 is 0 Å². The van der Waals surface area contributed by atoms with E-state index in [2.05, 4.69) is 21.2 Å². The molecular weight excluding hydrogens is 402 g/mol. The van der Waals surface area contributed by atoms with E-state index in [1.807, 2.05) is 19.9 Å². The van der Waals surface area contributed by atoms with Gasteiger partial charge in [-0.05, 0) is 55.9 Å². The summed E-state index contributed by atoms with van der Waals surface area (Å²) >= 11 is 3.45. The quantitative estimate of drug-likeness (QED) is 0.755. The van der Waals surface area contributed by atoms with Crippen molar-refractivity contribution in [2.45, 2.75) is 32.8 Å². The van der Waals surface area contributed by atoms with Gasteiger partial charge in [-0.15, -0.1) is 0 Å². The second kappa shape index (κ2) is 6.37. The van der Waals surface area contributed by atoms with Crippen molar-refractivity contribution in [3.05, 3.63) is 27.7 Å². The summed E-state index contributed by atoms with van der Waals surface area (Å²) in [4.78, 5) is 36.6. The van der Waals surface area contributed by atoms with Crippen LogP contribution in [0.5, 0.6) is 0 Å². The lowest BCUT2D eigenvalue weighted by Gasteiger charge is -2.22. The molecule has 1 aromatic carbocycles. The van der Waals surface area contributed by atoms with E-state index in [-0.39, 0.29) is 36.4 Å². The van der Waals surface area contributed by atoms with Gasteiger partial charge in [0, 0.05) is 16.1 Å². The number of nitrogens with one attached hydrogen (secondary N) is 1. The Kier molecular flexibility index (Phi) is 4.29. The molecular formula is C19H20BrNO5. The number of rotatable bonds is 4. The van der Waals surface area contributed by atoms with Gasteiger partial charge in [0.05, 0.1) is 11.8 Å². The molecule has 0 aromatic heterocycles. The number of carbonyl (C=O) groups excluding carboxylic acids is 3. The summed E-state index contributed by atoms with van der Waals surface area (Å²) in [5.41, 5.74) is 2.68. The molecule has 1 N–H and O–H groups in total. The van der Waals surface area contributed by atoms with Crippen molar-refractivity contribution in [3.63, 3.8) is 0 Å². The third-order valence-corrected chi connectivity index (χ3v) is 6.96. The number of carbonyl (C=O) groups is 3. The molecule has 3 aliphatic rings. The minimum absolute atomic E-state index is 0.0199. The fourth-order valence-electron chi connectivity index (χ4n) is 4.67. The van der Waals surface area contributed by atoms with Gasteiger partial charge in [0.15, 0.2) is 6.61 Å². The third kappa shape index (κ3) is 2.73.